The van der Waals surface area contributed by atoms with Gasteiger partial charge in [0.1, 0.15) is 0 Å². The SMILES string of the molecule is COCCN(CC(=O)O)C(C)c1nc(C)sc1C. The van der Waals surface area contributed by atoms with Crippen molar-refractivity contribution >= 4 is 17.3 Å². The average molecular weight is 272 g/mol. The van der Waals surface area contributed by atoms with Crippen molar-refractivity contribution in [2.24, 2.45) is 0 Å². The van der Waals surface area contributed by atoms with Gasteiger partial charge in [0, 0.05) is 18.5 Å². The van der Waals surface area contributed by atoms with Crippen LogP contribution in [0.1, 0.15) is 28.5 Å². The third kappa shape index (κ3) is 4.04. The first-order chi connectivity index (χ1) is 8.45. The van der Waals surface area contributed by atoms with E-state index in [0.717, 1.165) is 15.6 Å². The second-order valence-electron chi connectivity index (χ2n) is 4.21. The van der Waals surface area contributed by atoms with Crippen LogP contribution in [0.5, 0.6) is 0 Å². The third-order valence-corrected chi connectivity index (χ3v) is 3.71. The van der Waals surface area contributed by atoms with Crippen LogP contribution in [0.4, 0.5) is 0 Å². The van der Waals surface area contributed by atoms with E-state index in [9.17, 15) is 4.79 Å². The average Bonchev–Trinajstić information content (AvgIpc) is 2.62. The number of aliphatic carboxylic acids is 1. The first-order valence-corrected chi connectivity index (χ1v) is 6.66. The van der Waals surface area contributed by atoms with Gasteiger partial charge in [-0.3, -0.25) is 9.69 Å². The first kappa shape index (κ1) is 15.1. The van der Waals surface area contributed by atoms with E-state index < -0.39 is 5.97 Å². The van der Waals surface area contributed by atoms with E-state index in [1.807, 2.05) is 25.7 Å². The van der Waals surface area contributed by atoms with Gasteiger partial charge in [-0.2, -0.15) is 0 Å². The van der Waals surface area contributed by atoms with Crippen LogP contribution in [0.25, 0.3) is 0 Å². The standard InChI is InChI=1S/C12H20N2O3S/c1-8(12-9(2)18-10(3)13-12)14(5-6-17-4)7-11(15)16/h8H,5-7H2,1-4H3,(H,15,16). The van der Waals surface area contributed by atoms with Crippen LogP contribution in [0.2, 0.25) is 0 Å². The molecule has 0 radical (unpaired) electrons. The molecule has 0 saturated carbocycles. The number of carboxylic acid groups (broad SMARTS) is 1. The van der Waals surface area contributed by atoms with E-state index in [4.69, 9.17) is 9.84 Å². The highest BCUT2D eigenvalue weighted by molar-refractivity contribution is 7.11. The molecule has 0 aliphatic rings. The van der Waals surface area contributed by atoms with E-state index in [0.29, 0.717) is 13.2 Å². The molecule has 6 heteroatoms. The number of aryl methyl sites for hydroxylation is 2. The van der Waals surface area contributed by atoms with E-state index >= 15 is 0 Å². The molecule has 102 valence electrons. The minimum atomic E-state index is -0.831. The second-order valence-corrected chi connectivity index (χ2v) is 5.61. The zero-order chi connectivity index (χ0) is 13.7. The summed E-state index contributed by atoms with van der Waals surface area (Å²) in [5.41, 5.74) is 0.967. The number of hydrogen-bond acceptors (Lipinski definition) is 5. The van der Waals surface area contributed by atoms with Crippen LogP contribution < -0.4 is 0 Å². The summed E-state index contributed by atoms with van der Waals surface area (Å²) in [7, 11) is 1.61. The minimum Gasteiger partial charge on any atom is -0.480 e. The van der Waals surface area contributed by atoms with Gasteiger partial charge in [0.25, 0.3) is 0 Å². The van der Waals surface area contributed by atoms with Crippen molar-refractivity contribution < 1.29 is 14.6 Å². The largest absolute Gasteiger partial charge is 0.480 e. The Morgan fingerprint density at radius 2 is 2.22 bits per heavy atom. The Kier molecular flexibility index (Phi) is 5.71. The zero-order valence-electron chi connectivity index (χ0n) is 11.3. The first-order valence-electron chi connectivity index (χ1n) is 5.84. The van der Waals surface area contributed by atoms with Gasteiger partial charge in [-0.15, -0.1) is 11.3 Å². The van der Waals surface area contributed by atoms with Crippen LogP contribution in [0, 0.1) is 13.8 Å². The molecule has 0 aliphatic heterocycles. The Hall–Kier alpha value is -0.980. The summed E-state index contributed by atoms with van der Waals surface area (Å²) in [6.45, 7) is 7.07. The number of hydrogen-bond donors (Lipinski definition) is 1. The Morgan fingerprint density at radius 3 is 2.67 bits per heavy atom. The van der Waals surface area contributed by atoms with Crippen molar-refractivity contribution in [2.75, 3.05) is 26.8 Å². The van der Waals surface area contributed by atoms with Crippen molar-refractivity contribution in [3.05, 3.63) is 15.6 Å². The van der Waals surface area contributed by atoms with Gasteiger partial charge in [0.15, 0.2) is 0 Å². The van der Waals surface area contributed by atoms with Gasteiger partial charge in [0.05, 0.1) is 29.9 Å². The molecule has 0 aliphatic carbocycles. The molecule has 0 bridgehead atoms. The van der Waals surface area contributed by atoms with Crippen molar-refractivity contribution in [3.8, 4) is 0 Å². The predicted molar refractivity (Wildman–Crippen MR) is 71.1 cm³/mol. The topological polar surface area (TPSA) is 62.7 Å². The number of nitrogens with zero attached hydrogens (tertiary/aromatic N) is 2. The lowest BCUT2D eigenvalue weighted by Gasteiger charge is -2.26. The normalized spacial score (nSPS) is 12.9. The summed E-state index contributed by atoms with van der Waals surface area (Å²) in [4.78, 5) is 18.4. The fourth-order valence-electron chi connectivity index (χ4n) is 1.90. The number of carboxylic acids is 1. The number of thiazole rings is 1. The molecule has 0 fully saturated rings. The van der Waals surface area contributed by atoms with Crippen molar-refractivity contribution in [1.82, 2.24) is 9.88 Å². The van der Waals surface area contributed by atoms with E-state index in [-0.39, 0.29) is 12.6 Å². The van der Waals surface area contributed by atoms with Gasteiger partial charge in [-0.25, -0.2) is 4.98 Å². The monoisotopic (exact) mass is 272 g/mol. The van der Waals surface area contributed by atoms with E-state index in [1.165, 1.54) is 0 Å². The minimum absolute atomic E-state index is 0.000537. The Labute approximate surface area is 111 Å². The van der Waals surface area contributed by atoms with E-state index in [1.54, 1.807) is 18.4 Å². The molecule has 5 nitrogen and oxygen atoms in total. The number of ether oxygens (including phenoxy) is 1. The fourth-order valence-corrected chi connectivity index (χ4v) is 2.81. The molecule has 1 atom stereocenters. The van der Waals surface area contributed by atoms with Crippen molar-refractivity contribution in [1.29, 1.82) is 0 Å². The maximum absolute atomic E-state index is 10.9. The molecule has 1 N–H and O–H groups in total. The molecule has 0 amide bonds. The van der Waals surface area contributed by atoms with Crippen LogP contribution in [0.15, 0.2) is 0 Å². The predicted octanol–water partition coefficient (Wildman–Crippen LogP) is 1.85. The third-order valence-electron chi connectivity index (χ3n) is 2.80. The number of carbonyl (C=O) groups is 1. The molecule has 1 rings (SSSR count). The summed E-state index contributed by atoms with van der Waals surface area (Å²) in [6, 6.07) is -0.0128. The lowest BCUT2D eigenvalue weighted by Crippen LogP contribution is -2.35. The highest BCUT2D eigenvalue weighted by atomic mass is 32.1. The Bertz CT molecular complexity index is 406. The molecule has 1 unspecified atom stereocenters. The molecular formula is C12H20N2O3S. The fraction of sp³-hybridized carbons (Fsp3) is 0.667. The smallest absolute Gasteiger partial charge is 0.317 e. The molecule has 1 aromatic rings. The van der Waals surface area contributed by atoms with Crippen molar-refractivity contribution in [2.45, 2.75) is 26.8 Å². The highest BCUT2D eigenvalue weighted by Gasteiger charge is 2.22. The Balaban J connectivity index is 2.83. The maximum atomic E-state index is 10.9. The van der Waals surface area contributed by atoms with Crippen LogP contribution >= 0.6 is 11.3 Å². The van der Waals surface area contributed by atoms with Crippen molar-refractivity contribution in [3.63, 3.8) is 0 Å². The van der Waals surface area contributed by atoms with Gasteiger partial charge < -0.3 is 9.84 Å². The summed E-state index contributed by atoms with van der Waals surface area (Å²) in [5, 5.41) is 9.96. The van der Waals surface area contributed by atoms with Crippen LogP contribution in [0.3, 0.4) is 0 Å². The lowest BCUT2D eigenvalue weighted by atomic mass is 10.2. The number of methoxy groups -OCH3 is 1. The van der Waals surface area contributed by atoms with Gasteiger partial charge in [-0.1, -0.05) is 0 Å². The summed E-state index contributed by atoms with van der Waals surface area (Å²) in [6.07, 6.45) is 0. The molecule has 0 saturated heterocycles. The quantitative estimate of drug-likeness (QED) is 0.820. The van der Waals surface area contributed by atoms with Gasteiger partial charge in [0.2, 0.25) is 0 Å². The van der Waals surface area contributed by atoms with E-state index in [2.05, 4.69) is 4.98 Å². The summed E-state index contributed by atoms with van der Waals surface area (Å²) >= 11 is 1.64. The Morgan fingerprint density at radius 1 is 1.56 bits per heavy atom. The van der Waals surface area contributed by atoms with Crippen LogP contribution in [-0.2, 0) is 9.53 Å². The van der Waals surface area contributed by atoms with Gasteiger partial charge >= 0.3 is 5.97 Å². The summed E-state index contributed by atoms with van der Waals surface area (Å²) < 4.78 is 5.02. The number of aromatic nitrogens is 1. The molecule has 18 heavy (non-hydrogen) atoms. The van der Waals surface area contributed by atoms with Gasteiger partial charge in [-0.05, 0) is 20.8 Å². The maximum Gasteiger partial charge on any atom is 0.317 e. The molecular weight excluding hydrogens is 252 g/mol. The molecule has 0 aromatic carbocycles. The molecule has 0 spiro atoms. The summed E-state index contributed by atoms with van der Waals surface area (Å²) in [5.74, 6) is -0.831. The molecule has 1 heterocycles. The van der Waals surface area contributed by atoms with Crippen LogP contribution in [-0.4, -0.2) is 47.8 Å². The zero-order valence-corrected chi connectivity index (χ0v) is 12.1. The highest BCUT2D eigenvalue weighted by Crippen LogP contribution is 2.26. The second kappa shape index (κ2) is 6.82. The molecule has 1 aromatic heterocycles. The number of rotatable bonds is 7. The lowest BCUT2D eigenvalue weighted by molar-refractivity contribution is -0.139.